The summed E-state index contributed by atoms with van der Waals surface area (Å²) in [5, 5.41) is 32.0. The van der Waals surface area contributed by atoms with E-state index < -0.39 is 0 Å². The Morgan fingerprint density at radius 1 is 1.05 bits per heavy atom. The number of piperazine rings is 1. The fraction of sp³-hybridized carbons (Fsp3) is 0.423. The number of ether oxygens (including phenoxy) is 2. The van der Waals surface area contributed by atoms with E-state index in [2.05, 4.69) is 43.0 Å². The Morgan fingerprint density at radius 3 is 2.71 bits per heavy atom. The maximum atomic E-state index is 9.23. The second kappa shape index (κ2) is 9.92. The highest BCUT2D eigenvalue weighted by molar-refractivity contribution is 7.18. The first-order valence-electron chi connectivity index (χ1n) is 12.9. The lowest BCUT2D eigenvalue weighted by atomic mass is 10.1. The first-order chi connectivity index (χ1) is 18.7. The molecule has 0 saturated carbocycles. The van der Waals surface area contributed by atoms with Gasteiger partial charge in [0.15, 0.2) is 5.01 Å². The van der Waals surface area contributed by atoms with Crippen molar-refractivity contribution in [1.29, 1.82) is 5.26 Å². The van der Waals surface area contributed by atoms with Crippen molar-refractivity contribution in [3.8, 4) is 28.0 Å². The standard InChI is InChI=1S/C26H27N9O2S/c27-9-16-7-20-1-2-24(35(20)29-10-16)23-8-22(31-17-3-5-36-6-4-17)21(11-28-23)25-32-33-26(38-25)34-12-18-14-37-15-19(13-34)30-18/h1-2,7-8,10-11,17-19,30H,3-6,12-15H2,(H,28,31). The summed E-state index contributed by atoms with van der Waals surface area (Å²) in [7, 11) is 0. The first-order valence-corrected chi connectivity index (χ1v) is 13.7. The van der Waals surface area contributed by atoms with E-state index in [1.165, 1.54) is 0 Å². The zero-order chi connectivity index (χ0) is 25.5. The first kappa shape index (κ1) is 23.5. The van der Waals surface area contributed by atoms with Crippen LogP contribution in [0.1, 0.15) is 18.4 Å². The summed E-state index contributed by atoms with van der Waals surface area (Å²) < 4.78 is 13.1. The maximum Gasteiger partial charge on any atom is 0.208 e. The van der Waals surface area contributed by atoms with Crippen molar-refractivity contribution in [3.05, 3.63) is 42.2 Å². The predicted octanol–water partition coefficient (Wildman–Crippen LogP) is 2.55. The van der Waals surface area contributed by atoms with Crippen LogP contribution >= 0.6 is 11.3 Å². The van der Waals surface area contributed by atoms with Gasteiger partial charge < -0.3 is 25.0 Å². The van der Waals surface area contributed by atoms with Gasteiger partial charge in [-0.25, -0.2) is 4.52 Å². The molecule has 7 heterocycles. The van der Waals surface area contributed by atoms with E-state index in [1.807, 2.05) is 28.9 Å². The topological polar surface area (TPSA) is 126 Å². The van der Waals surface area contributed by atoms with Gasteiger partial charge in [0, 0.05) is 56.3 Å². The van der Waals surface area contributed by atoms with Crippen molar-refractivity contribution in [3.63, 3.8) is 0 Å². The number of aromatic nitrogens is 5. The fourth-order valence-electron chi connectivity index (χ4n) is 5.41. The number of fused-ring (bicyclic) bond motifs is 3. The molecule has 2 bridgehead atoms. The molecule has 0 aliphatic carbocycles. The molecule has 0 spiro atoms. The highest BCUT2D eigenvalue weighted by Crippen LogP contribution is 2.37. The van der Waals surface area contributed by atoms with Crippen LogP contribution in [0.25, 0.3) is 27.5 Å². The van der Waals surface area contributed by atoms with Gasteiger partial charge in [-0.05, 0) is 37.1 Å². The van der Waals surface area contributed by atoms with Crippen LogP contribution < -0.4 is 15.5 Å². The molecule has 11 nitrogen and oxygen atoms in total. The third-order valence-electron chi connectivity index (χ3n) is 7.28. The van der Waals surface area contributed by atoms with Crippen LogP contribution in [0.2, 0.25) is 0 Å². The number of pyridine rings is 1. The Balaban J connectivity index is 1.23. The Kier molecular flexibility index (Phi) is 6.13. The molecular weight excluding hydrogens is 502 g/mol. The minimum absolute atomic E-state index is 0.304. The van der Waals surface area contributed by atoms with Crippen molar-refractivity contribution in [2.45, 2.75) is 31.0 Å². The van der Waals surface area contributed by atoms with E-state index in [1.54, 1.807) is 17.5 Å². The Bertz CT molecular complexity index is 1490. The highest BCUT2D eigenvalue weighted by Gasteiger charge is 2.32. The van der Waals surface area contributed by atoms with Crippen molar-refractivity contribution >= 4 is 27.7 Å². The minimum Gasteiger partial charge on any atom is -0.381 e. The number of anilines is 2. The van der Waals surface area contributed by atoms with Crippen molar-refractivity contribution < 1.29 is 9.47 Å². The van der Waals surface area contributed by atoms with Crippen LogP contribution in [0.5, 0.6) is 0 Å². The molecule has 3 fully saturated rings. The SMILES string of the molecule is N#Cc1cnn2c(-c3cc(NC4CCOCC4)c(-c4nnc(N5CC6COCC(C5)N6)s4)cn3)ccc2c1. The van der Waals surface area contributed by atoms with Gasteiger partial charge in [-0.3, -0.25) is 4.98 Å². The molecular formula is C26H27N9O2S. The molecule has 2 atom stereocenters. The Morgan fingerprint density at radius 2 is 1.89 bits per heavy atom. The smallest absolute Gasteiger partial charge is 0.208 e. The zero-order valence-electron chi connectivity index (χ0n) is 20.7. The third kappa shape index (κ3) is 4.48. The van der Waals surface area contributed by atoms with Crippen LogP contribution in [0, 0.1) is 11.3 Å². The molecule has 194 valence electrons. The normalized spacial score (nSPS) is 21.9. The number of hydrogen-bond donors (Lipinski definition) is 2. The van der Waals surface area contributed by atoms with Gasteiger partial charge in [0.05, 0.1) is 47.4 Å². The molecule has 0 radical (unpaired) electrons. The molecule has 3 aliphatic rings. The van der Waals surface area contributed by atoms with E-state index in [4.69, 9.17) is 14.5 Å². The van der Waals surface area contributed by atoms with Gasteiger partial charge in [-0.15, -0.1) is 10.2 Å². The largest absolute Gasteiger partial charge is 0.381 e. The molecule has 7 rings (SSSR count). The Hall–Kier alpha value is -3.63. The van der Waals surface area contributed by atoms with Crippen LogP contribution in [-0.4, -0.2) is 82.4 Å². The molecule has 12 heteroatoms. The summed E-state index contributed by atoms with van der Waals surface area (Å²) in [6.07, 6.45) is 5.34. The number of nitriles is 1. The lowest BCUT2D eigenvalue weighted by molar-refractivity contribution is 0.0375. The summed E-state index contributed by atoms with van der Waals surface area (Å²) in [6.45, 7) is 4.66. The quantitative estimate of drug-likeness (QED) is 0.398. The van der Waals surface area contributed by atoms with E-state index in [0.717, 1.165) is 90.7 Å². The zero-order valence-corrected chi connectivity index (χ0v) is 21.5. The van der Waals surface area contributed by atoms with Crippen LogP contribution in [-0.2, 0) is 9.47 Å². The molecule has 3 saturated heterocycles. The monoisotopic (exact) mass is 529 g/mol. The molecule has 4 aromatic rings. The van der Waals surface area contributed by atoms with Gasteiger partial charge in [0.25, 0.3) is 0 Å². The molecule has 2 N–H and O–H groups in total. The Labute approximate surface area is 223 Å². The summed E-state index contributed by atoms with van der Waals surface area (Å²) in [5.74, 6) is 0. The highest BCUT2D eigenvalue weighted by atomic mass is 32.1. The molecule has 38 heavy (non-hydrogen) atoms. The molecule has 0 aromatic carbocycles. The second-order valence-corrected chi connectivity index (χ2v) is 10.9. The maximum absolute atomic E-state index is 9.23. The van der Waals surface area contributed by atoms with Gasteiger partial charge in [0.1, 0.15) is 6.07 Å². The van der Waals surface area contributed by atoms with E-state index in [0.29, 0.717) is 23.7 Å². The number of morpholine rings is 1. The van der Waals surface area contributed by atoms with Gasteiger partial charge in [-0.2, -0.15) is 10.4 Å². The van der Waals surface area contributed by atoms with Gasteiger partial charge in [-0.1, -0.05) is 11.3 Å². The van der Waals surface area contributed by atoms with Crippen LogP contribution in [0.4, 0.5) is 10.8 Å². The lowest BCUT2D eigenvalue weighted by Gasteiger charge is -2.41. The third-order valence-corrected chi connectivity index (χ3v) is 8.30. The van der Waals surface area contributed by atoms with Gasteiger partial charge >= 0.3 is 0 Å². The number of rotatable bonds is 5. The number of nitrogens with zero attached hydrogens (tertiary/aromatic N) is 7. The van der Waals surface area contributed by atoms with Crippen molar-refractivity contribution in [1.82, 2.24) is 30.1 Å². The van der Waals surface area contributed by atoms with E-state index in [9.17, 15) is 5.26 Å². The van der Waals surface area contributed by atoms with Crippen molar-refractivity contribution in [2.75, 3.05) is 49.7 Å². The molecule has 0 amide bonds. The van der Waals surface area contributed by atoms with E-state index in [-0.39, 0.29) is 0 Å². The molecule has 3 aliphatic heterocycles. The van der Waals surface area contributed by atoms with Crippen molar-refractivity contribution in [2.24, 2.45) is 0 Å². The van der Waals surface area contributed by atoms with Gasteiger partial charge in [0.2, 0.25) is 5.13 Å². The molecule has 4 aromatic heterocycles. The lowest BCUT2D eigenvalue weighted by Crippen LogP contribution is -2.62. The summed E-state index contributed by atoms with van der Waals surface area (Å²) in [5.41, 5.74) is 4.93. The second-order valence-electron chi connectivity index (χ2n) is 9.95. The van der Waals surface area contributed by atoms with Crippen LogP contribution in [0.15, 0.2) is 36.7 Å². The average Bonchev–Trinajstić information content (AvgIpc) is 3.61. The van der Waals surface area contributed by atoms with E-state index >= 15 is 0 Å². The average molecular weight is 530 g/mol. The number of nitrogens with one attached hydrogen (secondary N) is 2. The predicted molar refractivity (Wildman–Crippen MR) is 143 cm³/mol. The number of hydrogen-bond acceptors (Lipinski definition) is 11. The molecule has 2 unspecified atom stereocenters. The van der Waals surface area contributed by atoms with Crippen LogP contribution in [0.3, 0.4) is 0 Å². The minimum atomic E-state index is 0.304. The summed E-state index contributed by atoms with van der Waals surface area (Å²) in [6, 6.07) is 10.9. The summed E-state index contributed by atoms with van der Waals surface area (Å²) in [4.78, 5) is 7.14. The summed E-state index contributed by atoms with van der Waals surface area (Å²) >= 11 is 1.60. The fourth-order valence-corrected chi connectivity index (χ4v) is 6.30.